The molecule has 0 saturated carbocycles. The van der Waals surface area contributed by atoms with Crippen LogP contribution >= 0.6 is 23.4 Å². The maximum atomic E-state index is 12.8. The number of carbonyl (C=O) groups is 1. The number of carbonyl (C=O) groups excluding carboxylic acids is 1. The molecule has 156 valence electrons. The van der Waals surface area contributed by atoms with E-state index in [1.54, 1.807) is 40.9 Å². The fourth-order valence-corrected chi connectivity index (χ4v) is 5.98. The van der Waals surface area contributed by atoms with Gasteiger partial charge in [-0.25, -0.2) is 8.42 Å². The average Bonchev–Trinajstić information content (AvgIpc) is 2.72. The molecule has 1 aliphatic heterocycles. The van der Waals surface area contributed by atoms with Crippen molar-refractivity contribution in [3.8, 4) is 0 Å². The minimum Gasteiger partial charge on any atom is -0.310 e. The number of hydrogen-bond acceptors (Lipinski definition) is 4. The van der Waals surface area contributed by atoms with Crippen molar-refractivity contribution in [3.63, 3.8) is 0 Å². The van der Waals surface area contributed by atoms with E-state index in [9.17, 15) is 13.2 Å². The van der Waals surface area contributed by atoms with Crippen molar-refractivity contribution in [2.24, 2.45) is 0 Å². The normalized spacial score (nSPS) is 14.1. The van der Waals surface area contributed by atoms with Gasteiger partial charge in [0.05, 0.1) is 10.6 Å². The summed E-state index contributed by atoms with van der Waals surface area (Å²) in [4.78, 5) is 16.0. The molecule has 3 rings (SSSR count). The summed E-state index contributed by atoms with van der Waals surface area (Å²) in [7, 11) is -3.46. The van der Waals surface area contributed by atoms with Crippen LogP contribution in [0.5, 0.6) is 0 Å². The first-order chi connectivity index (χ1) is 13.9. The monoisotopic (exact) mass is 452 g/mol. The fourth-order valence-electron chi connectivity index (χ4n) is 3.38. The summed E-state index contributed by atoms with van der Waals surface area (Å²) in [6, 6.07) is 12.5. The summed E-state index contributed by atoms with van der Waals surface area (Å²) in [5.74, 6) is 0.909. The molecule has 2 aromatic rings. The highest BCUT2D eigenvalue weighted by molar-refractivity contribution is 7.99. The second-order valence-corrected chi connectivity index (χ2v) is 10.3. The van der Waals surface area contributed by atoms with Crippen molar-refractivity contribution in [1.82, 2.24) is 4.31 Å². The third-order valence-corrected chi connectivity index (χ3v) is 8.32. The molecule has 0 saturated heterocycles. The van der Waals surface area contributed by atoms with Crippen LogP contribution in [-0.2, 0) is 21.2 Å². The zero-order valence-corrected chi connectivity index (χ0v) is 19.0. The summed E-state index contributed by atoms with van der Waals surface area (Å²) in [5, 5.41) is 0.619. The number of nitrogens with zero attached hydrogens (tertiary/aromatic N) is 2. The van der Waals surface area contributed by atoms with E-state index in [1.807, 2.05) is 32.0 Å². The van der Waals surface area contributed by atoms with E-state index in [1.165, 1.54) is 4.31 Å². The Bertz CT molecular complexity index is 974. The lowest BCUT2D eigenvalue weighted by Crippen LogP contribution is -2.35. The van der Waals surface area contributed by atoms with E-state index in [0.717, 1.165) is 21.9 Å². The minimum atomic E-state index is -3.46. The standard InChI is InChI=1S/C21H25ClN2O3S2/c1-3-23(4-2)29(26,27)18-9-5-16(6-10-18)7-12-21(25)24-13-14-28-20-11-8-17(22)15-19(20)24/h5-6,8-11,15H,3-4,7,12-14H2,1-2H3. The van der Waals surface area contributed by atoms with Gasteiger partial charge in [-0.1, -0.05) is 37.6 Å². The van der Waals surface area contributed by atoms with Crippen LogP contribution in [0, 0.1) is 0 Å². The third kappa shape index (κ3) is 4.97. The Hall–Kier alpha value is -1.54. The Morgan fingerprint density at radius 2 is 1.83 bits per heavy atom. The van der Waals surface area contributed by atoms with Gasteiger partial charge in [0.1, 0.15) is 0 Å². The lowest BCUT2D eigenvalue weighted by Gasteiger charge is -2.29. The van der Waals surface area contributed by atoms with Crippen LogP contribution in [0.25, 0.3) is 0 Å². The molecule has 2 aromatic carbocycles. The van der Waals surface area contributed by atoms with Gasteiger partial charge in [-0.05, 0) is 42.3 Å². The van der Waals surface area contributed by atoms with Crippen LogP contribution < -0.4 is 4.90 Å². The van der Waals surface area contributed by atoms with Gasteiger partial charge in [0.15, 0.2) is 0 Å². The summed E-state index contributed by atoms with van der Waals surface area (Å²) in [6.07, 6.45) is 0.919. The van der Waals surface area contributed by atoms with Crippen LogP contribution in [0.3, 0.4) is 0 Å². The number of sulfonamides is 1. The summed E-state index contributed by atoms with van der Waals surface area (Å²) in [5.41, 5.74) is 1.81. The number of rotatable bonds is 7. The third-order valence-electron chi connectivity index (χ3n) is 4.98. The molecule has 0 fully saturated rings. The highest BCUT2D eigenvalue weighted by Crippen LogP contribution is 2.36. The Morgan fingerprint density at radius 1 is 1.14 bits per heavy atom. The number of thioether (sulfide) groups is 1. The molecule has 1 aliphatic rings. The minimum absolute atomic E-state index is 0.0497. The van der Waals surface area contributed by atoms with Gasteiger partial charge < -0.3 is 4.90 Å². The van der Waals surface area contributed by atoms with Gasteiger partial charge in [0.25, 0.3) is 0 Å². The Morgan fingerprint density at radius 3 is 2.48 bits per heavy atom. The molecule has 0 aliphatic carbocycles. The van der Waals surface area contributed by atoms with Crippen molar-refractivity contribution in [2.45, 2.75) is 36.5 Å². The van der Waals surface area contributed by atoms with Crippen LogP contribution in [0.1, 0.15) is 25.8 Å². The van der Waals surface area contributed by atoms with Crippen LogP contribution in [0.2, 0.25) is 5.02 Å². The molecule has 0 atom stereocenters. The van der Waals surface area contributed by atoms with Gasteiger partial charge in [0, 0.05) is 41.7 Å². The molecular weight excluding hydrogens is 428 g/mol. The van der Waals surface area contributed by atoms with E-state index in [4.69, 9.17) is 11.6 Å². The van der Waals surface area contributed by atoms with Crippen LogP contribution in [0.4, 0.5) is 5.69 Å². The van der Waals surface area contributed by atoms with Crippen LogP contribution in [-0.4, -0.2) is 44.0 Å². The van der Waals surface area contributed by atoms with E-state index in [2.05, 4.69) is 0 Å². The molecule has 0 aromatic heterocycles. The van der Waals surface area contributed by atoms with Crippen LogP contribution in [0.15, 0.2) is 52.3 Å². The molecule has 8 heteroatoms. The Kier molecular flexibility index (Phi) is 7.27. The Labute approximate surface area is 182 Å². The average molecular weight is 453 g/mol. The maximum Gasteiger partial charge on any atom is 0.243 e. The van der Waals surface area contributed by atoms with Crippen molar-refractivity contribution in [2.75, 3.05) is 30.3 Å². The number of halogens is 1. The van der Waals surface area contributed by atoms with Gasteiger partial charge >= 0.3 is 0 Å². The van der Waals surface area contributed by atoms with Gasteiger partial charge in [-0.2, -0.15) is 4.31 Å². The largest absolute Gasteiger partial charge is 0.310 e. The molecule has 1 heterocycles. The van der Waals surface area contributed by atoms with Crippen molar-refractivity contribution in [1.29, 1.82) is 0 Å². The molecule has 1 amide bonds. The van der Waals surface area contributed by atoms with Gasteiger partial charge in [0.2, 0.25) is 15.9 Å². The highest BCUT2D eigenvalue weighted by atomic mass is 35.5. The quantitative estimate of drug-likeness (QED) is 0.623. The maximum absolute atomic E-state index is 12.8. The zero-order valence-electron chi connectivity index (χ0n) is 16.6. The molecule has 0 N–H and O–H groups in total. The molecule has 29 heavy (non-hydrogen) atoms. The zero-order chi connectivity index (χ0) is 21.0. The summed E-state index contributed by atoms with van der Waals surface area (Å²) >= 11 is 7.84. The molecule has 0 unspecified atom stereocenters. The number of anilines is 1. The smallest absolute Gasteiger partial charge is 0.243 e. The number of amides is 1. The first-order valence-electron chi connectivity index (χ1n) is 9.68. The number of aryl methyl sites for hydroxylation is 1. The summed E-state index contributed by atoms with van der Waals surface area (Å²) in [6.45, 7) is 5.19. The van der Waals surface area contributed by atoms with E-state index in [-0.39, 0.29) is 10.8 Å². The van der Waals surface area contributed by atoms with Gasteiger partial charge in [-0.3, -0.25) is 4.79 Å². The van der Waals surface area contributed by atoms with E-state index < -0.39 is 10.0 Å². The van der Waals surface area contributed by atoms with E-state index in [0.29, 0.717) is 37.5 Å². The molecule has 5 nitrogen and oxygen atoms in total. The molecule has 0 radical (unpaired) electrons. The second-order valence-electron chi connectivity index (χ2n) is 6.74. The predicted octanol–water partition coefficient (Wildman–Crippen LogP) is 4.44. The molecule has 0 bridgehead atoms. The van der Waals surface area contributed by atoms with Gasteiger partial charge in [-0.15, -0.1) is 11.8 Å². The lowest BCUT2D eigenvalue weighted by atomic mass is 10.1. The van der Waals surface area contributed by atoms with Crippen molar-refractivity contribution in [3.05, 3.63) is 53.1 Å². The lowest BCUT2D eigenvalue weighted by molar-refractivity contribution is -0.118. The topological polar surface area (TPSA) is 57.7 Å². The first kappa shape index (κ1) is 22.2. The summed E-state index contributed by atoms with van der Waals surface area (Å²) < 4.78 is 26.6. The van der Waals surface area contributed by atoms with Crippen molar-refractivity contribution < 1.29 is 13.2 Å². The highest BCUT2D eigenvalue weighted by Gasteiger charge is 2.24. The Balaban J connectivity index is 1.67. The number of fused-ring (bicyclic) bond motifs is 1. The second kappa shape index (κ2) is 9.51. The van der Waals surface area contributed by atoms with E-state index >= 15 is 0 Å². The first-order valence-corrected chi connectivity index (χ1v) is 12.5. The fraction of sp³-hybridized carbons (Fsp3) is 0.381. The number of hydrogen-bond donors (Lipinski definition) is 0. The SMILES string of the molecule is CCN(CC)S(=O)(=O)c1ccc(CCC(=O)N2CCSc3ccc(Cl)cc32)cc1. The van der Waals surface area contributed by atoms with Crippen molar-refractivity contribution >= 4 is 45.0 Å². The predicted molar refractivity (Wildman–Crippen MR) is 119 cm³/mol. The molecular formula is C21H25ClN2O3S2. The number of benzene rings is 2. The molecule has 0 spiro atoms.